The maximum Gasteiger partial charge on any atom is 0.273 e. The van der Waals surface area contributed by atoms with Crippen LogP contribution in [0.25, 0.3) is 0 Å². The smallest absolute Gasteiger partial charge is 0.273 e. The van der Waals surface area contributed by atoms with Crippen molar-refractivity contribution in [2.45, 2.75) is 11.8 Å². The Bertz CT molecular complexity index is 924. The molecule has 0 fully saturated rings. The van der Waals surface area contributed by atoms with Gasteiger partial charge >= 0.3 is 0 Å². The maximum atomic E-state index is 12.0. The van der Waals surface area contributed by atoms with Crippen LogP contribution >= 0.6 is 0 Å². The number of hydrogen-bond donors (Lipinski definition) is 1. The Labute approximate surface area is 144 Å². The molecule has 9 heteroatoms. The van der Waals surface area contributed by atoms with Crippen molar-refractivity contribution < 1.29 is 22.9 Å². The van der Waals surface area contributed by atoms with E-state index >= 15 is 0 Å². The number of ether oxygens (including phenoxy) is 1. The second-order valence-corrected chi connectivity index (χ2v) is 7.36. The number of non-ortho nitro benzene ring substituents is 1. The van der Waals surface area contributed by atoms with Crippen molar-refractivity contribution in [2.75, 3.05) is 18.2 Å². The first-order valence-electron chi connectivity index (χ1n) is 7.14. The van der Waals surface area contributed by atoms with Crippen LogP contribution in [0.15, 0.2) is 47.4 Å². The fourth-order valence-corrected chi connectivity index (χ4v) is 2.64. The highest BCUT2D eigenvalue weighted by Gasteiger charge is 2.12. The quantitative estimate of drug-likeness (QED) is 0.621. The predicted octanol–water partition coefficient (Wildman–Crippen LogP) is 2.32. The van der Waals surface area contributed by atoms with Crippen LogP contribution in [0.3, 0.4) is 0 Å². The number of nitro benzene ring substituents is 1. The molecule has 0 saturated heterocycles. The van der Waals surface area contributed by atoms with E-state index in [2.05, 4.69) is 5.32 Å². The zero-order chi connectivity index (χ0) is 18.6. The minimum absolute atomic E-state index is 0.0907. The van der Waals surface area contributed by atoms with Crippen LogP contribution in [0.4, 0.5) is 11.4 Å². The number of amides is 1. The molecule has 0 radical (unpaired) electrons. The van der Waals surface area contributed by atoms with E-state index < -0.39 is 20.7 Å². The van der Waals surface area contributed by atoms with Gasteiger partial charge in [0.25, 0.3) is 11.6 Å². The SMILES string of the molecule is Cc1ccc(S(C)(=O)=O)cc1NC(=O)COc1cccc([N+](=O)[O-])c1. The van der Waals surface area contributed by atoms with E-state index in [1.807, 2.05) is 0 Å². The zero-order valence-electron chi connectivity index (χ0n) is 13.6. The first-order valence-corrected chi connectivity index (χ1v) is 9.04. The van der Waals surface area contributed by atoms with Gasteiger partial charge in [0.15, 0.2) is 16.4 Å². The van der Waals surface area contributed by atoms with Gasteiger partial charge in [-0.25, -0.2) is 8.42 Å². The number of carbonyl (C=O) groups excluding carboxylic acids is 1. The number of nitrogens with one attached hydrogen (secondary N) is 1. The number of benzene rings is 2. The Balaban J connectivity index is 2.06. The van der Waals surface area contributed by atoms with Crippen LogP contribution in [0, 0.1) is 17.0 Å². The highest BCUT2D eigenvalue weighted by molar-refractivity contribution is 7.90. The molecule has 0 bridgehead atoms. The molecule has 0 spiro atoms. The summed E-state index contributed by atoms with van der Waals surface area (Å²) in [5.41, 5.74) is 0.904. The number of nitrogens with zero attached hydrogens (tertiary/aromatic N) is 1. The lowest BCUT2D eigenvalue weighted by Crippen LogP contribution is -2.21. The van der Waals surface area contributed by atoms with Crippen molar-refractivity contribution in [2.24, 2.45) is 0 Å². The topological polar surface area (TPSA) is 116 Å². The number of carbonyl (C=O) groups is 1. The molecular formula is C16H16N2O6S. The van der Waals surface area contributed by atoms with Gasteiger partial charge in [0.2, 0.25) is 0 Å². The predicted molar refractivity (Wildman–Crippen MR) is 91.5 cm³/mol. The molecule has 0 aliphatic rings. The maximum absolute atomic E-state index is 12.0. The largest absolute Gasteiger partial charge is 0.484 e. The molecule has 8 nitrogen and oxygen atoms in total. The summed E-state index contributed by atoms with van der Waals surface area (Å²) in [5.74, 6) is -0.328. The van der Waals surface area contributed by atoms with Gasteiger partial charge in [-0.1, -0.05) is 12.1 Å². The number of hydrogen-bond acceptors (Lipinski definition) is 6. The minimum atomic E-state index is -3.39. The molecule has 2 aromatic rings. The van der Waals surface area contributed by atoms with Gasteiger partial charge in [-0.3, -0.25) is 14.9 Å². The van der Waals surface area contributed by atoms with E-state index in [0.717, 1.165) is 6.26 Å². The second-order valence-electron chi connectivity index (χ2n) is 5.34. The van der Waals surface area contributed by atoms with E-state index in [4.69, 9.17) is 4.74 Å². The van der Waals surface area contributed by atoms with Crippen molar-refractivity contribution in [3.63, 3.8) is 0 Å². The van der Waals surface area contributed by atoms with Crippen molar-refractivity contribution in [1.82, 2.24) is 0 Å². The number of sulfone groups is 1. The van der Waals surface area contributed by atoms with E-state index in [1.54, 1.807) is 13.0 Å². The lowest BCUT2D eigenvalue weighted by molar-refractivity contribution is -0.384. The summed E-state index contributed by atoms with van der Waals surface area (Å²) in [6.45, 7) is 1.35. The van der Waals surface area contributed by atoms with Gasteiger partial charge in [0.1, 0.15) is 5.75 Å². The highest BCUT2D eigenvalue weighted by Crippen LogP contribution is 2.21. The van der Waals surface area contributed by atoms with Crippen LogP contribution in [0.2, 0.25) is 0 Å². The number of aryl methyl sites for hydroxylation is 1. The summed E-state index contributed by atoms with van der Waals surface area (Å²) in [6.07, 6.45) is 1.08. The third-order valence-electron chi connectivity index (χ3n) is 3.31. The molecule has 0 aliphatic heterocycles. The van der Waals surface area contributed by atoms with E-state index in [9.17, 15) is 23.3 Å². The molecule has 0 saturated carbocycles. The molecule has 132 valence electrons. The Kier molecular flexibility index (Phi) is 5.38. The van der Waals surface area contributed by atoms with Crippen molar-refractivity contribution in [1.29, 1.82) is 0 Å². The van der Waals surface area contributed by atoms with Crippen LogP contribution in [0.5, 0.6) is 5.75 Å². The number of anilines is 1. The first kappa shape index (κ1) is 18.4. The van der Waals surface area contributed by atoms with E-state index in [0.29, 0.717) is 11.3 Å². The molecule has 2 aromatic carbocycles. The molecule has 1 amide bonds. The van der Waals surface area contributed by atoms with Gasteiger partial charge in [-0.15, -0.1) is 0 Å². The summed E-state index contributed by atoms with van der Waals surface area (Å²) in [5, 5.41) is 13.3. The summed E-state index contributed by atoms with van der Waals surface area (Å²) >= 11 is 0. The third-order valence-corrected chi connectivity index (χ3v) is 4.42. The summed E-state index contributed by atoms with van der Waals surface area (Å²) < 4.78 is 28.4. The lowest BCUT2D eigenvalue weighted by atomic mass is 10.2. The molecule has 0 heterocycles. The van der Waals surface area contributed by atoms with E-state index in [-0.39, 0.29) is 22.9 Å². The molecular weight excluding hydrogens is 348 g/mol. The molecule has 0 atom stereocenters. The molecule has 0 unspecified atom stereocenters. The fraction of sp³-hybridized carbons (Fsp3) is 0.188. The standard InChI is InChI=1S/C16H16N2O6S/c1-11-6-7-14(25(2,22)23)9-15(11)17-16(19)10-24-13-5-3-4-12(8-13)18(20)21/h3-9H,10H2,1-2H3,(H,17,19). The summed E-state index contributed by atoms with van der Waals surface area (Å²) in [7, 11) is -3.39. The zero-order valence-corrected chi connectivity index (χ0v) is 14.4. The van der Waals surface area contributed by atoms with Gasteiger partial charge in [-0.05, 0) is 30.7 Å². The van der Waals surface area contributed by atoms with Gasteiger partial charge in [0.05, 0.1) is 15.9 Å². The van der Waals surface area contributed by atoms with Crippen LogP contribution in [-0.2, 0) is 14.6 Å². The Morgan fingerprint density at radius 1 is 1.24 bits per heavy atom. The normalized spacial score (nSPS) is 11.0. The van der Waals surface area contributed by atoms with Crippen molar-refractivity contribution >= 4 is 27.1 Å². The van der Waals surface area contributed by atoms with Crippen LogP contribution in [0.1, 0.15) is 5.56 Å². The number of nitro groups is 1. The lowest BCUT2D eigenvalue weighted by Gasteiger charge is -2.11. The van der Waals surface area contributed by atoms with Gasteiger partial charge in [-0.2, -0.15) is 0 Å². The van der Waals surface area contributed by atoms with Crippen molar-refractivity contribution in [3.05, 3.63) is 58.1 Å². The Morgan fingerprint density at radius 3 is 2.60 bits per heavy atom. The van der Waals surface area contributed by atoms with Crippen molar-refractivity contribution in [3.8, 4) is 5.75 Å². The minimum Gasteiger partial charge on any atom is -0.484 e. The monoisotopic (exact) mass is 364 g/mol. The third kappa shape index (κ3) is 5.01. The van der Waals surface area contributed by atoms with Crippen LogP contribution in [-0.4, -0.2) is 32.1 Å². The molecule has 25 heavy (non-hydrogen) atoms. The van der Waals surface area contributed by atoms with E-state index in [1.165, 1.54) is 36.4 Å². The number of rotatable bonds is 6. The van der Waals surface area contributed by atoms with Gasteiger partial charge in [0, 0.05) is 18.0 Å². The average Bonchev–Trinajstić information content (AvgIpc) is 2.54. The first-order chi connectivity index (χ1) is 11.7. The van der Waals surface area contributed by atoms with Gasteiger partial charge < -0.3 is 10.1 Å². The molecule has 0 aliphatic carbocycles. The average molecular weight is 364 g/mol. The molecule has 1 N–H and O–H groups in total. The summed E-state index contributed by atoms with van der Waals surface area (Å²) in [6, 6.07) is 9.89. The fourth-order valence-electron chi connectivity index (χ4n) is 1.99. The summed E-state index contributed by atoms with van der Waals surface area (Å²) in [4.78, 5) is 22.2. The Morgan fingerprint density at radius 2 is 1.96 bits per heavy atom. The second kappa shape index (κ2) is 7.31. The molecule has 0 aromatic heterocycles. The Hall–Kier alpha value is -2.94. The highest BCUT2D eigenvalue weighted by atomic mass is 32.2. The van der Waals surface area contributed by atoms with Crippen LogP contribution < -0.4 is 10.1 Å². The molecule has 2 rings (SSSR count).